The lowest BCUT2D eigenvalue weighted by atomic mass is 9.72. The molecule has 1 aliphatic rings. The number of carbonyl (C=O) groups is 1. The zero-order valence-corrected chi connectivity index (χ0v) is 11.8. The van der Waals surface area contributed by atoms with Gasteiger partial charge in [-0.25, -0.2) is 4.39 Å². The Kier molecular flexibility index (Phi) is 4.91. The molecule has 0 radical (unpaired) electrons. The molecule has 0 aromatic heterocycles. The molecule has 2 unspecified atom stereocenters. The van der Waals surface area contributed by atoms with Gasteiger partial charge in [0.15, 0.2) is 0 Å². The number of rotatable bonds is 5. The van der Waals surface area contributed by atoms with Gasteiger partial charge in [0.05, 0.1) is 0 Å². The lowest BCUT2D eigenvalue weighted by Gasteiger charge is -2.34. The standard InChI is InChI=1S/C11H14F4O5S/c1-2-8(12)10(9(16)17)5-3-7(4-6-10)20-21(18,19)11(13,14)15/h3,8H,2,4-6H2,1H3,(H,16,17). The Morgan fingerprint density at radius 1 is 1.52 bits per heavy atom. The van der Waals surface area contributed by atoms with Gasteiger partial charge in [-0.05, 0) is 25.3 Å². The summed E-state index contributed by atoms with van der Waals surface area (Å²) in [6, 6.07) is 0. The number of carboxylic acids is 1. The van der Waals surface area contributed by atoms with E-state index in [9.17, 15) is 30.8 Å². The molecule has 1 aliphatic carbocycles. The van der Waals surface area contributed by atoms with Gasteiger partial charge in [-0.1, -0.05) is 6.92 Å². The first-order valence-electron chi connectivity index (χ1n) is 6.03. The van der Waals surface area contributed by atoms with Gasteiger partial charge in [0.25, 0.3) is 0 Å². The number of alkyl halides is 4. The van der Waals surface area contributed by atoms with Gasteiger partial charge in [0.1, 0.15) is 17.3 Å². The molecule has 1 N–H and O–H groups in total. The number of aliphatic carboxylic acids is 1. The Balaban J connectivity index is 2.94. The van der Waals surface area contributed by atoms with Crippen molar-refractivity contribution in [3.8, 4) is 0 Å². The zero-order chi connectivity index (χ0) is 16.5. The maximum absolute atomic E-state index is 13.8. The van der Waals surface area contributed by atoms with Crippen LogP contribution >= 0.6 is 0 Å². The molecule has 5 nitrogen and oxygen atoms in total. The maximum Gasteiger partial charge on any atom is 0.534 e. The van der Waals surface area contributed by atoms with Crippen molar-refractivity contribution in [2.24, 2.45) is 5.41 Å². The first kappa shape index (κ1) is 17.7. The van der Waals surface area contributed by atoms with Crippen LogP contribution in [0.5, 0.6) is 0 Å². The lowest BCUT2D eigenvalue weighted by molar-refractivity contribution is -0.154. The quantitative estimate of drug-likeness (QED) is 0.475. The van der Waals surface area contributed by atoms with Crippen LogP contribution in [0.15, 0.2) is 11.8 Å². The van der Waals surface area contributed by atoms with Gasteiger partial charge in [0, 0.05) is 6.42 Å². The Morgan fingerprint density at radius 3 is 2.43 bits per heavy atom. The summed E-state index contributed by atoms with van der Waals surface area (Å²) in [6.45, 7) is 1.44. The van der Waals surface area contributed by atoms with Crippen molar-refractivity contribution in [3.05, 3.63) is 11.8 Å². The average molecular weight is 334 g/mol. The normalized spacial score (nSPS) is 25.1. The molecule has 1 rings (SSSR count). The molecule has 10 heteroatoms. The van der Waals surface area contributed by atoms with Crippen molar-refractivity contribution in [2.75, 3.05) is 0 Å². The zero-order valence-electron chi connectivity index (χ0n) is 11.0. The van der Waals surface area contributed by atoms with Crippen molar-refractivity contribution in [1.82, 2.24) is 0 Å². The monoisotopic (exact) mass is 334 g/mol. The molecule has 0 fully saturated rings. The van der Waals surface area contributed by atoms with E-state index >= 15 is 0 Å². The number of allylic oxidation sites excluding steroid dienone is 2. The van der Waals surface area contributed by atoms with E-state index in [1.807, 2.05) is 0 Å². The Hall–Kier alpha value is -1.32. The van der Waals surface area contributed by atoms with Gasteiger partial charge in [-0.15, -0.1) is 0 Å². The van der Waals surface area contributed by atoms with Crippen molar-refractivity contribution in [1.29, 1.82) is 0 Å². The van der Waals surface area contributed by atoms with Crippen molar-refractivity contribution < 1.29 is 40.1 Å². The van der Waals surface area contributed by atoms with Crippen molar-refractivity contribution >= 4 is 16.1 Å². The molecular weight excluding hydrogens is 320 g/mol. The molecule has 0 bridgehead atoms. The summed E-state index contributed by atoms with van der Waals surface area (Å²) in [7, 11) is -5.79. The van der Waals surface area contributed by atoms with Crippen LogP contribution in [0.2, 0.25) is 0 Å². The highest BCUT2D eigenvalue weighted by atomic mass is 32.2. The molecular formula is C11H14F4O5S. The second-order valence-electron chi connectivity index (χ2n) is 4.69. The first-order chi connectivity index (χ1) is 9.46. The fraction of sp³-hybridized carbons (Fsp3) is 0.727. The lowest BCUT2D eigenvalue weighted by Crippen LogP contribution is -2.41. The number of carboxylic acid groups (broad SMARTS) is 1. The fourth-order valence-corrected chi connectivity index (χ4v) is 2.64. The second-order valence-corrected chi connectivity index (χ2v) is 6.23. The van der Waals surface area contributed by atoms with E-state index in [1.165, 1.54) is 6.92 Å². The van der Waals surface area contributed by atoms with Gasteiger partial charge < -0.3 is 9.29 Å². The van der Waals surface area contributed by atoms with E-state index in [4.69, 9.17) is 5.11 Å². The van der Waals surface area contributed by atoms with Crippen molar-refractivity contribution in [3.63, 3.8) is 0 Å². The van der Waals surface area contributed by atoms with Crippen LogP contribution in [0.1, 0.15) is 32.6 Å². The minimum Gasteiger partial charge on any atom is -0.481 e. The largest absolute Gasteiger partial charge is 0.534 e. The summed E-state index contributed by atoms with van der Waals surface area (Å²) in [4.78, 5) is 11.2. The van der Waals surface area contributed by atoms with Gasteiger partial charge in [0.2, 0.25) is 0 Å². The predicted molar refractivity (Wildman–Crippen MR) is 63.2 cm³/mol. The van der Waals surface area contributed by atoms with Gasteiger partial charge >= 0.3 is 21.6 Å². The number of halogens is 4. The van der Waals surface area contributed by atoms with E-state index in [0.717, 1.165) is 6.08 Å². The fourth-order valence-electron chi connectivity index (χ4n) is 2.11. The molecule has 0 aromatic rings. The summed E-state index contributed by atoms with van der Waals surface area (Å²) in [5.74, 6) is -1.93. The molecule has 2 atom stereocenters. The van der Waals surface area contributed by atoms with Crippen LogP contribution in [-0.4, -0.2) is 31.2 Å². The highest BCUT2D eigenvalue weighted by Crippen LogP contribution is 2.42. The molecule has 0 saturated carbocycles. The van der Waals surface area contributed by atoms with E-state index < -0.39 is 51.8 Å². The van der Waals surface area contributed by atoms with Crippen LogP contribution in [0, 0.1) is 5.41 Å². The van der Waals surface area contributed by atoms with E-state index in [-0.39, 0.29) is 12.8 Å². The Bertz CT molecular complexity index is 539. The van der Waals surface area contributed by atoms with E-state index in [0.29, 0.717) is 0 Å². The third-order valence-corrected chi connectivity index (χ3v) is 4.40. The van der Waals surface area contributed by atoms with Crippen LogP contribution < -0.4 is 0 Å². The Labute approximate surface area is 118 Å². The number of hydrogen-bond acceptors (Lipinski definition) is 4. The second kappa shape index (κ2) is 5.82. The van der Waals surface area contributed by atoms with Crippen LogP contribution in [0.3, 0.4) is 0 Å². The first-order valence-corrected chi connectivity index (χ1v) is 7.44. The molecule has 122 valence electrons. The molecule has 0 heterocycles. The summed E-state index contributed by atoms with van der Waals surface area (Å²) in [5.41, 5.74) is -7.33. The smallest absolute Gasteiger partial charge is 0.481 e. The highest BCUT2D eigenvalue weighted by molar-refractivity contribution is 7.87. The van der Waals surface area contributed by atoms with Gasteiger partial charge in [-0.2, -0.15) is 21.6 Å². The molecule has 0 aromatic carbocycles. The molecule has 21 heavy (non-hydrogen) atoms. The molecule has 0 saturated heterocycles. The van der Waals surface area contributed by atoms with Gasteiger partial charge in [-0.3, -0.25) is 4.79 Å². The summed E-state index contributed by atoms with van der Waals surface area (Å²) in [5, 5.41) is 9.13. The average Bonchev–Trinajstić information content (AvgIpc) is 2.36. The number of hydrogen-bond donors (Lipinski definition) is 1. The van der Waals surface area contributed by atoms with E-state index in [1.54, 1.807) is 0 Å². The summed E-state index contributed by atoms with van der Waals surface area (Å²) in [6.07, 6.45) is -2.04. The third-order valence-electron chi connectivity index (χ3n) is 3.40. The minimum atomic E-state index is -5.79. The molecule has 0 spiro atoms. The van der Waals surface area contributed by atoms with E-state index in [2.05, 4.69) is 4.18 Å². The summed E-state index contributed by atoms with van der Waals surface area (Å²) >= 11 is 0. The maximum atomic E-state index is 13.8. The third kappa shape index (κ3) is 3.47. The van der Waals surface area contributed by atoms with Crippen LogP contribution in [0.25, 0.3) is 0 Å². The topological polar surface area (TPSA) is 80.7 Å². The van der Waals surface area contributed by atoms with Crippen LogP contribution in [-0.2, 0) is 19.1 Å². The van der Waals surface area contributed by atoms with Crippen molar-refractivity contribution in [2.45, 2.75) is 44.3 Å². The molecule has 0 amide bonds. The minimum absolute atomic E-state index is 0.0722. The van der Waals surface area contributed by atoms with Crippen LogP contribution in [0.4, 0.5) is 17.6 Å². The predicted octanol–water partition coefficient (Wildman–Crippen LogP) is 2.74. The SMILES string of the molecule is CCC(F)C1(C(=O)O)CC=C(OS(=O)(=O)C(F)(F)F)CC1. The summed E-state index contributed by atoms with van der Waals surface area (Å²) < 4.78 is 75.9. The highest BCUT2D eigenvalue weighted by Gasteiger charge is 2.51. The molecule has 0 aliphatic heterocycles. The Morgan fingerprint density at radius 2 is 2.10 bits per heavy atom.